The van der Waals surface area contributed by atoms with Gasteiger partial charge in [-0.05, 0) is 25.3 Å². The monoisotopic (exact) mass is 374 g/mol. The van der Waals surface area contributed by atoms with Crippen molar-refractivity contribution in [3.63, 3.8) is 0 Å². The second-order valence-electron chi connectivity index (χ2n) is 6.30. The molecule has 3 aromatic heterocycles. The summed E-state index contributed by atoms with van der Waals surface area (Å²) in [7, 11) is 0. The largest absolute Gasteiger partial charge is 0.480 e. The van der Waals surface area contributed by atoms with Crippen LogP contribution in [0.3, 0.4) is 0 Å². The van der Waals surface area contributed by atoms with Gasteiger partial charge < -0.3 is 10.1 Å². The van der Waals surface area contributed by atoms with Gasteiger partial charge in [0.2, 0.25) is 0 Å². The molecule has 0 unspecified atom stereocenters. The van der Waals surface area contributed by atoms with Crippen LogP contribution < -0.4 is 5.43 Å². The summed E-state index contributed by atoms with van der Waals surface area (Å²) in [6, 6.07) is 0.530. The molecule has 0 radical (unpaired) electrons. The predicted molar refractivity (Wildman–Crippen MR) is 92.6 cm³/mol. The Kier molecular flexibility index (Phi) is 4.40. The minimum atomic E-state index is -0.977. The zero-order valence-corrected chi connectivity index (χ0v) is 14.1. The first-order valence-electron chi connectivity index (χ1n) is 8.44. The minimum Gasteiger partial charge on any atom is -0.480 e. The third-order valence-corrected chi connectivity index (χ3v) is 4.52. The van der Waals surface area contributed by atoms with Crippen LogP contribution in [0.25, 0.3) is 22.4 Å². The quantitative estimate of drug-likeness (QED) is 0.644. The SMILES string of the molecule is O=C(O)[C@@H]1CCCCN1Nc1nc(-c2c[nH]c3ncc(F)cc23)ncc1F. The number of aromatic nitrogens is 4. The van der Waals surface area contributed by atoms with Crippen LogP contribution in [-0.2, 0) is 4.79 Å². The van der Waals surface area contributed by atoms with Gasteiger partial charge in [-0.25, -0.2) is 28.7 Å². The van der Waals surface area contributed by atoms with Gasteiger partial charge in [-0.15, -0.1) is 0 Å². The molecule has 4 rings (SSSR count). The lowest BCUT2D eigenvalue weighted by atomic mass is 10.0. The average molecular weight is 374 g/mol. The Balaban J connectivity index is 1.69. The van der Waals surface area contributed by atoms with E-state index in [-0.39, 0.29) is 11.6 Å². The number of aromatic amines is 1. The van der Waals surface area contributed by atoms with Gasteiger partial charge in [0, 0.05) is 23.7 Å². The number of fused-ring (bicyclic) bond motifs is 1. The number of hydrazine groups is 1. The van der Waals surface area contributed by atoms with Crippen LogP contribution in [0, 0.1) is 11.6 Å². The number of aliphatic carboxylic acids is 1. The van der Waals surface area contributed by atoms with Crippen molar-refractivity contribution in [3.8, 4) is 11.4 Å². The number of H-pyrrole nitrogens is 1. The molecule has 0 spiro atoms. The minimum absolute atomic E-state index is 0.133. The summed E-state index contributed by atoms with van der Waals surface area (Å²) in [6.45, 7) is 0.456. The van der Waals surface area contributed by atoms with Crippen LogP contribution in [0.4, 0.5) is 14.6 Å². The Morgan fingerprint density at radius 3 is 2.96 bits per heavy atom. The molecule has 4 heterocycles. The first-order valence-corrected chi connectivity index (χ1v) is 8.44. The van der Waals surface area contributed by atoms with E-state index < -0.39 is 23.6 Å². The van der Waals surface area contributed by atoms with Gasteiger partial charge >= 0.3 is 5.97 Å². The number of anilines is 1. The van der Waals surface area contributed by atoms with Gasteiger partial charge in [0.05, 0.1) is 12.4 Å². The predicted octanol–water partition coefficient (Wildman–Crippen LogP) is 2.56. The molecule has 0 aromatic carbocycles. The van der Waals surface area contributed by atoms with E-state index in [1.54, 1.807) is 6.20 Å². The Morgan fingerprint density at radius 2 is 2.15 bits per heavy atom. The summed E-state index contributed by atoms with van der Waals surface area (Å²) >= 11 is 0. The van der Waals surface area contributed by atoms with E-state index in [4.69, 9.17) is 0 Å². The second-order valence-corrected chi connectivity index (χ2v) is 6.30. The third-order valence-electron chi connectivity index (χ3n) is 4.52. The average Bonchev–Trinajstić information content (AvgIpc) is 3.07. The Bertz CT molecular complexity index is 1010. The normalized spacial score (nSPS) is 17.9. The molecule has 0 bridgehead atoms. The van der Waals surface area contributed by atoms with Crippen molar-refractivity contribution in [2.24, 2.45) is 0 Å². The molecule has 1 aliphatic rings. The fourth-order valence-electron chi connectivity index (χ4n) is 3.20. The Labute approximate surface area is 152 Å². The number of pyridine rings is 1. The summed E-state index contributed by atoms with van der Waals surface area (Å²) in [5.41, 5.74) is 3.69. The number of rotatable bonds is 4. The van der Waals surface area contributed by atoms with E-state index in [0.29, 0.717) is 29.6 Å². The lowest BCUT2D eigenvalue weighted by Gasteiger charge is -2.33. The molecule has 10 heteroatoms. The molecule has 1 aliphatic heterocycles. The molecule has 1 fully saturated rings. The maximum absolute atomic E-state index is 14.2. The van der Waals surface area contributed by atoms with Crippen LogP contribution in [0.5, 0.6) is 0 Å². The van der Waals surface area contributed by atoms with Crippen LogP contribution in [-0.4, -0.2) is 48.6 Å². The summed E-state index contributed by atoms with van der Waals surface area (Å²) in [4.78, 5) is 26.4. The molecule has 0 amide bonds. The molecule has 3 aromatic rings. The number of carboxylic acids is 1. The molecule has 1 saturated heterocycles. The lowest BCUT2D eigenvalue weighted by molar-refractivity contribution is -0.143. The van der Waals surface area contributed by atoms with E-state index in [0.717, 1.165) is 25.2 Å². The number of carbonyl (C=O) groups is 1. The van der Waals surface area contributed by atoms with Crippen molar-refractivity contribution in [1.82, 2.24) is 24.9 Å². The van der Waals surface area contributed by atoms with E-state index >= 15 is 0 Å². The standard InChI is InChI=1S/C17H16F2N6O2/c18-9-5-10-11(7-21-14(10)20-6-9)15-22-8-12(19)16(23-15)24-25-4-2-1-3-13(25)17(26)27/h5-8,13H,1-4H2,(H,20,21)(H,26,27)(H,22,23,24)/t13-/m0/s1. The lowest BCUT2D eigenvalue weighted by Crippen LogP contribution is -2.48. The van der Waals surface area contributed by atoms with Crippen LogP contribution >= 0.6 is 0 Å². The molecule has 1 atom stereocenters. The first kappa shape index (κ1) is 17.3. The highest BCUT2D eigenvalue weighted by Crippen LogP contribution is 2.27. The molecule has 0 aliphatic carbocycles. The highest BCUT2D eigenvalue weighted by molar-refractivity contribution is 5.91. The maximum atomic E-state index is 14.2. The summed E-state index contributed by atoms with van der Waals surface area (Å²) < 4.78 is 27.8. The third kappa shape index (κ3) is 3.31. The number of halogens is 2. The van der Waals surface area contributed by atoms with Crippen molar-refractivity contribution in [2.75, 3.05) is 12.0 Å². The van der Waals surface area contributed by atoms with E-state index in [9.17, 15) is 18.7 Å². The Morgan fingerprint density at radius 1 is 1.30 bits per heavy atom. The highest BCUT2D eigenvalue weighted by Gasteiger charge is 2.29. The number of hydrogen-bond donors (Lipinski definition) is 3. The molecule has 140 valence electrons. The second kappa shape index (κ2) is 6.88. The topological polar surface area (TPSA) is 107 Å². The van der Waals surface area contributed by atoms with Crippen LogP contribution in [0.2, 0.25) is 0 Å². The zero-order chi connectivity index (χ0) is 19.0. The molecule has 8 nitrogen and oxygen atoms in total. The summed E-state index contributed by atoms with van der Waals surface area (Å²) in [5.74, 6) is -2.16. The van der Waals surface area contributed by atoms with Crippen molar-refractivity contribution >= 4 is 22.8 Å². The van der Waals surface area contributed by atoms with Crippen molar-refractivity contribution in [3.05, 3.63) is 36.3 Å². The van der Waals surface area contributed by atoms with Gasteiger partial charge in [0.25, 0.3) is 0 Å². The molecule has 27 heavy (non-hydrogen) atoms. The zero-order valence-electron chi connectivity index (χ0n) is 14.1. The smallest absolute Gasteiger partial charge is 0.322 e. The molecule has 0 saturated carbocycles. The van der Waals surface area contributed by atoms with Gasteiger partial charge in [-0.1, -0.05) is 0 Å². The molecule has 3 N–H and O–H groups in total. The fourth-order valence-corrected chi connectivity index (χ4v) is 3.20. The van der Waals surface area contributed by atoms with Crippen LogP contribution in [0.1, 0.15) is 19.3 Å². The summed E-state index contributed by atoms with van der Waals surface area (Å²) in [6.07, 6.45) is 5.70. The van der Waals surface area contributed by atoms with E-state index in [1.807, 2.05) is 0 Å². The fraction of sp³-hybridized carbons (Fsp3) is 0.294. The van der Waals surface area contributed by atoms with Crippen molar-refractivity contribution < 1.29 is 18.7 Å². The van der Waals surface area contributed by atoms with Gasteiger partial charge in [0.1, 0.15) is 17.5 Å². The van der Waals surface area contributed by atoms with E-state index in [2.05, 4.69) is 25.4 Å². The van der Waals surface area contributed by atoms with Crippen molar-refractivity contribution in [1.29, 1.82) is 0 Å². The van der Waals surface area contributed by atoms with E-state index in [1.165, 1.54) is 11.1 Å². The van der Waals surface area contributed by atoms with Gasteiger partial charge in [-0.2, -0.15) is 0 Å². The molecular formula is C17H16F2N6O2. The van der Waals surface area contributed by atoms with Gasteiger partial charge in [-0.3, -0.25) is 10.2 Å². The number of carboxylic acid groups (broad SMARTS) is 1. The number of hydrogen-bond acceptors (Lipinski definition) is 6. The number of nitrogens with zero attached hydrogens (tertiary/aromatic N) is 4. The highest BCUT2D eigenvalue weighted by atomic mass is 19.1. The maximum Gasteiger partial charge on any atom is 0.322 e. The van der Waals surface area contributed by atoms with Gasteiger partial charge in [0.15, 0.2) is 17.5 Å². The Hall–Kier alpha value is -3.14. The van der Waals surface area contributed by atoms with Crippen LogP contribution in [0.15, 0.2) is 24.7 Å². The number of piperidine rings is 1. The first-order chi connectivity index (χ1) is 13.0. The van der Waals surface area contributed by atoms with Crippen molar-refractivity contribution in [2.45, 2.75) is 25.3 Å². The summed E-state index contributed by atoms with van der Waals surface area (Å²) in [5, 5.41) is 11.3. The number of nitrogens with one attached hydrogen (secondary N) is 2. The molecular weight excluding hydrogens is 358 g/mol.